The van der Waals surface area contributed by atoms with Gasteiger partial charge in [0, 0.05) is 0 Å². The van der Waals surface area contributed by atoms with Crippen LogP contribution in [0.3, 0.4) is 0 Å². The van der Waals surface area contributed by atoms with Gasteiger partial charge in [-0.15, -0.1) is 0 Å². The van der Waals surface area contributed by atoms with E-state index in [1.54, 1.807) is 6.07 Å². The fourth-order valence-electron chi connectivity index (χ4n) is 1.34. The molecule has 0 radical (unpaired) electrons. The summed E-state index contributed by atoms with van der Waals surface area (Å²) in [6.45, 7) is 3.25. The molecule has 0 saturated carbocycles. The maximum Gasteiger partial charge on any atom is 0.137 e. The Hall–Kier alpha value is -0.450. The Morgan fingerprint density at radius 1 is 1.67 bits per heavy atom. The zero-order chi connectivity index (χ0) is 10.8. The molecule has 4 heteroatoms. The van der Waals surface area contributed by atoms with Gasteiger partial charge in [-0.05, 0) is 34.5 Å². The topological polar surface area (TPSA) is 21.8 Å². The second-order valence-electron chi connectivity index (χ2n) is 3.57. The van der Waals surface area contributed by atoms with E-state index in [4.69, 9.17) is 9.47 Å². The quantitative estimate of drug-likeness (QED) is 0.788. The van der Waals surface area contributed by atoms with Gasteiger partial charge in [0.1, 0.15) is 11.9 Å². The van der Waals surface area contributed by atoms with Crippen LogP contribution in [0.15, 0.2) is 22.7 Å². The standard InChI is InChI=1S/C11H12BrFO2/c1-7(14-5-8-6-15-8)9-3-2-4-10(13)11(9)12/h2-4,7-8H,5-6H2,1H3/t7-,8?/m1/s1. The first kappa shape index (κ1) is 11.0. The number of hydrogen-bond donors (Lipinski definition) is 0. The van der Waals surface area contributed by atoms with Crippen LogP contribution < -0.4 is 0 Å². The SMILES string of the molecule is C[C@@H](OCC1CO1)c1cccc(F)c1Br. The van der Waals surface area contributed by atoms with E-state index in [0.29, 0.717) is 11.1 Å². The number of ether oxygens (including phenoxy) is 2. The lowest BCUT2D eigenvalue weighted by Gasteiger charge is -2.14. The van der Waals surface area contributed by atoms with Crippen LogP contribution in [0, 0.1) is 5.82 Å². The summed E-state index contributed by atoms with van der Waals surface area (Å²) in [5, 5.41) is 0. The molecule has 1 saturated heterocycles. The first-order valence-corrected chi connectivity index (χ1v) is 5.65. The van der Waals surface area contributed by atoms with Gasteiger partial charge in [0.25, 0.3) is 0 Å². The third-order valence-corrected chi connectivity index (χ3v) is 3.19. The molecule has 2 atom stereocenters. The number of epoxide rings is 1. The fraction of sp³-hybridized carbons (Fsp3) is 0.455. The molecule has 1 unspecified atom stereocenters. The Morgan fingerprint density at radius 2 is 2.40 bits per heavy atom. The number of rotatable bonds is 4. The molecule has 1 aromatic carbocycles. The van der Waals surface area contributed by atoms with Crippen molar-refractivity contribution in [2.24, 2.45) is 0 Å². The van der Waals surface area contributed by atoms with E-state index in [9.17, 15) is 4.39 Å². The van der Waals surface area contributed by atoms with E-state index in [1.165, 1.54) is 6.07 Å². The van der Waals surface area contributed by atoms with Gasteiger partial charge in [-0.1, -0.05) is 12.1 Å². The maximum atomic E-state index is 13.2. The first-order valence-electron chi connectivity index (χ1n) is 4.85. The van der Waals surface area contributed by atoms with Crippen molar-refractivity contribution in [2.75, 3.05) is 13.2 Å². The van der Waals surface area contributed by atoms with Crippen molar-refractivity contribution in [1.82, 2.24) is 0 Å². The molecule has 82 valence electrons. The van der Waals surface area contributed by atoms with Crippen molar-refractivity contribution in [3.05, 3.63) is 34.1 Å². The van der Waals surface area contributed by atoms with Crippen molar-refractivity contribution in [3.63, 3.8) is 0 Å². The molecule has 1 aromatic rings. The average molecular weight is 275 g/mol. The predicted molar refractivity (Wildman–Crippen MR) is 58.2 cm³/mol. The van der Waals surface area contributed by atoms with Crippen LogP contribution in [0.2, 0.25) is 0 Å². The summed E-state index contributed by atoms with van der Waals surface area (Å²) in [5.74, 6) is -0.259. The summed E-state index contributed by atoms with van der Waals surface area (Å²) in [7, 11) is 0. The normalized spacial score (nSPS) is 21.4. The zero-order valence-corrected chi connectivity index (χ0v) is 9.96. The third kappa shape index (κ3) is 2.77. The molecule has 0 bridgehead atoms. The Morgan fingerprint density at radius 3 is 3.07 bits per heavy atom. The van der Waals surface area contributed by atoms with Crippen LogP contribution in [-0.2, 0) is 9.47 Å². The average Bonchev–Trinajstić information content (AvgIpc) is 3.02. The highest BCUT2D eigenvalue weighted by Crippen LogP contribution is 2.28. The lowest BCUT2D eigenvalue weighted by Crippen LogP contribution is -2.07. The smallest absolute Gasteiger partial charge is 0.137 e. The second kappa shape index (κ2) is 4.60. The highest BCUT2D eigenvalue weighted by Gasteiger charge is 2.24. The molecule has 0 amide bonds. The van der Waals surface area contributed by atoms with Gasteiger partial charge < -0.3 is 9.47 Å². The van der Waals surface area contributed by atoms with Gasteiger partial charge in [0.05, 0.1) is 23.8 Å². The van der Waals surface area contributed by atoms with E-state index in [-0.39, 0.29) is 18.0 Å². The summed E-state index contributed by atoms with van der Waals surface area (Å²) in [5.41, 5.74) is 0.829. The molecule has 2 nitrogen and oxygen atoms in total. The van der Waals surface area contributed by atoms with Crippen LogP contribution >= 0.6 is 15.9 Å². The third-order valence-electron chi connectivity index (χ3n) is 2.35. The highest BCUT2D eigenvalue weighted by atomic mass is 79.9. The lowest BCUT2D eigenvalue weighted by atomic mass is 10.1. The van der Waals surface area contributed by atoms with Crippen LogP contribution in [0.5, 0.6) is 0 Å². The van der Waals surface area contributed by atoms with Crippen molar-refractivity contribution in [2.45, 2.75) is 19.1 Å². The number of hydrogen-bond acceptors (Lipinski definition) is 2. The Labute approximate surface area is 96.5 Å². The van der Waals surface area contributed by atoms with E-state index in [2.05, 4.69) is 15.9 Å². The minimum Gasteiger partial charge on any atom is -0.371 e. The van der Waals surface area contributed by atoms with Gasteiger partial charge in [-0.25, -0.2) is 4.39 Å². The molecular weight excluding hydrogens is 263 g/mol. The van der Waals surface area contributed by atoms with E-state index >= 15 is 0 Å². The van der Waals surface area contributed by atoms with Gasteiger partial charge in [-0.3, -0.25) is 0 Å². The second-order valence-corrected chi connectivity index (χ2v) is 4.37. The molecule has 15 heavy (non-hydrogen) atoms. The minimum absolute atomic E-state index is 0.126. The molecular formula is C11H12BrFO2. The Balaban J connectivity index is 2.02. The van der Waals surface area contributed by atoms with E-state index in [1.807, 2.05) is 13.0 Å². The molecule has 0 N–H and O–H groups in total. The van der Waals surface area contributed by atoms with Crippen molar-refractivity contribution < 1.29 is 13.9 Å². The first-order chi connectivity index (χ1) is 7.18. The van der Waals surface area contributed by atoms with Gasteiger partial charge in [-0.2, -0.15) is 0 Å². The van der Waals surface area contributed by atoms with Gasteiger partial charge in [0.15, 0.2) is 0 Å². The summed E-state index contributed by atoms with van der Waals surface area (Å²) < 4.78 is 24.3. The zero-order valence-electron chi connectivity index (χ0n) is 8.37. The molecule has 2 rings (SSSR count). The monoisotopic (exact) mass is 274 g/mol. The van der Waals surface area contributed by atoms with Crippen LogP contribution in [0.4, 0.5) is 4.39 Å². The van der Waals surface area contributed by atoms with Gasteiger partial charge in [0.2, 0.25) is 0 Å². The van der Waals surface area contributed by atoms with Crippen LogP contribution in [0.25, 0.3) is 0 Å². The van der Waals surface area contributed by atoms with Crippen LogP contribution in [-0.4, -0.2) is 19.3 Å². The predicted octanol–water partition coefficient (Wildman–Crippen LogP) is 3.06. The Bertz CT molecular complexity index is 352. The highest BCUT2D eigenvalue weighted by molar-refractivity contribution is 9.10. The lowest BCUT2D eigenvalue weighted by molar-refractivity contribution is 0.0533. The molecule has 0 spiro atoms. The molecule has 1 heterocycles. The van der Waals surface area contributed by atoms with Crippen molar-refractivity contribution >= 4 is 15.9 Å². The molecule has 1 aliphatic heterocycles. The summed E-state index contributed by atoms with van der Waals surface area (Å²) in [4.78, 5) is 0. The Kier molecular flexibility index (Phi) is 3.38. The maximum absolute atomic E-state index is 13.2. The van der Waals surface area contributed by atoms with Gasteiger partial charge >= 0.3 is 0 Å². The summed E-state index contributed by atoms with van der Waals surface area (Å²) >= 11 is 3.22. The number of benzene rings is 1. The molecule has 0 aliphatic carbocycles. The molecule has 1 aliphatic rings. The molecule has 1 fully saturated rings. The van der Waals surface area contributed by atoms with Crippen molar-refractivity contribution in [1.29, 1.82) is 0 Å². The number of halogens is 2. The van der Waals surface area contributed by atoms with Crippen LogP contribution in [0.1, 0.15) is 18.6 Å². The largest absolute Gasteiger partial charge is 0.371 e. The van der Waals surface area contributed by atoms with E-state index in [0.717, 1.165) is 12.2 Å². The van der Waals surface area contributed by atoms with E-state index < -0.39 is 0 Å². The fourth-order valence-corrected chi connectivity index (χ4v) is 1.93. The van der Waals surface area contributed by atoms with Crippen molar-refractivity contribution in [3.8, 4) is 0 Å². The summed E-state index contributed by atoms with van der Waals surface area (Å²) in [6, 6.07) is 4.96. The minimum atomic E-state index is -0.259. The molecule has 0 aromatic heterocycles. The summed E-state index contributed by atoms with van der Waals surface area (Å²) in [6.07, 6.45) is 0.110.